The second-order valence-corrected chi connectivity index (χ2v) is 7.33. The van der Waals surface area contributed by atoms with Gasteiger partial charge in [-0.25, -0.2) is 4.79 Å². The zero-order chi connectivity index (χ0) is 23.8. The number of benzene rings is 2. The molecule has 33 heavy (non-hydrogen) atoms. The summed E-state index contributed by atoms with van der Waals surface area (Å²) in [4.78, 5) is 26.4. The van der Waals surface area contributed by atoms with Crippen molar-refractivity contribution in [3.05, 3.63) is 53.1 Å². The highest BCUT2D eigenvalue weighted by Crippen LogP contribution is 2.33. The molecule has 2 aromatic rings. The van der Waals surface area contributed by atoms with Crippen molar-refractivity contribution in [2.45, 2.75) is 19.9 Å². The number of fused-ring (bicyclic) bond motifs is 1. The van der Waals surface area contributed by atoms with Gasteiger partial charge in [0.1, 0.15) is 0 Å². The fraction of sp³-hybridized carbons (Fsp3) is 0.360. The molecule has 1 heterocycles. The number of esters is 1. The molecule has 0 fully saturated rings. The lowest BCUT2D eigenvalue weighted by molar-refractivity contribution is -0.148. The number of ether oxygens (including phenoxy) is 5. The Balaban J connectivity index is 1.55. The van der Waals surface area contributed by atoms with Crippen molar-refractivity contribution in [2.24, 2.45) is 0 Å². The van der Waals surface area contributed by atoms with Gasteiger partial charge < -0.3 is 28.6 Å². The summed E-state index contributed by atoms with van der Waals surface area (Å²) in [6, 6.07) is 9.16. The van der Waals surface area contributed by atoms with Crippen LogP contribution in [0.3, 0.4) is 0 Å². The summed E-state index contributed by atoms with van der Waals surface area (Å²) in [5.74, 6) is 1.64. The molecule has 0 unspecified atom stereocenters. The minimum atomic E-state index is -0.597. The number of hydrogen-bond acceptors (Lipinski definition) is 7. The predicted octanol–water partition coefficient (Wildman–Crippen LogP) is 3.25. The second-order valence-electron chi connectivity index (χ2n) is 7.33. The summed E-state index contributed by atoms with van der Waals surface area (Å²) in [5, 5.41) is 0. The van der Waals surface area contributed by atoms with Gasteiger partial charge in [0, 0.05) is 19.2 Å². The van der Waals surface area contributed by atoms with Crippen LogP contribution in [0.2, 0.25) is 0 Å². The van der Waals surface area contributed by atoms with Gasteiger partial charge in [0.15, 0.2) is 29.6 Å². The minimum absolute atomic E-state index is 0.250. The molecule has 0 bridgehead atoms. The third kappa shape index (κ3) is 5.97. The van der Waals surface area contributed by atoms with E-state index in [9.17, 15) is 9.59 Å². The lowest BCUT2D eigenvalue weighted by Crippen LogP contribution is -2.38. The third-order valence-electron chi connectivity index (χ3n) is 5.31. The molecular weight excluding hydrogens is 426 g/mol. The average molecular weight is 456 g/mol. The van der Waals surface area contributed by atoms with Crippen molar-refractivity contribution in [1.82, 2.24) is 4.90 Å². The van der Waals surface area contributed by atoms with Crippen LogP contribution in [0.5, 0.6) is 23.0 Å². The topological polar surface area (TPSA) is 83.5 Å². The standard InChI is InChI=1S/C25H29NO7/c1-5-32-20-8-6-17(12-21(20)29-2)7-9-25(28)33-16-24(27)26-11-10-18-13-22(30-3)23(31-4)14-19(18)15-26/h6-9,12-14H,5,10-11,15-16H2,1-4H3/b9-7+. The van der Waals surface area contributed by atoms with E-state index in [4.69, 9.17) is 23.7 Å². The highest BCUT2D eigenvalue weighted by atomic mass is 16.5. The van der Waals surface area contributed by atoms with Gasteiger partial charge in [0.25, 0.3) is 5.91 Å². The van der Waals surface area contributed by atoms with Gasteiger partial charge in [-0.05, 0) is 60.4 Å². The number of rotatable bonds is 9. The van der Waals surface area contributed by atoms with Crippen LogP contribution in [0.25, 0.3) is 6.08 Å². The van der Waals surface area contributed by atoms with Crippen LogP contribution in [0.15, 0.2) is 36.4 Å². The summed E-state index contributed by atoms with van der Waals surface area (Å²) in [5.41, 5.74) is 2.85. The molecule has 0 radical (unpaired) electrons. The smallest absolute Gasteiger partial charge is 0.331 e. The summed E-state index contributed by atoms with van der Waals surface area (Å²) in [7, 11) is 4.72. The zero-order valence-corrected chi connectivity index (χ0v) is 19.4. The van der Waals surface area contributed by atoms with E-state index in [-0.39, 0.29) is 12.5 Å². The van der Waals surface area contributed by atoms with Gasteiger partial charge in [-0.3, -0.25) is 4.79 Å². The lowest BCUT2D eigenvalue weighted by Gasteiger charge is -2.29. The first-order valence-corrected chi connectivity index (χ1v) is 10.7. The maximum absolute atomic E-state index is 12.6. The van der Waals surface area contributed by atoms with Crippen molar-refractivity contribution in [3.8, 4) is 23.0 Å². The molecule has 2 aromatic carbocycles. The summed E-state index contributed by atoms with van der Waals surface area (Å²) in [6.07, 6.45) is 3.57. The SMILES string of the molecule is CCOc1ccc(/C=C/C(=O)OCC(=O)N2CCc3cc(OC)c(OC)cc3C2)cc1OC. The van der Waals surface area contributed by atoms with E-state index in [1.165, 1.54) is 6.08 Å². The maximum Gasteiger partial charge on any atom is 0.331 e. The van der Waals surface area contributed by atoms with Crippen molar-refractivity contribution in [1.29, 1.82) is 0 Å². The molecule has 0 aromatic heterocycles. The van der Waals surface area contributed by atoms with Crippen molar-refractivity contribution < 1.29 is 33.3 Å². The number of carbonyl (C=O) groups is 2. The Morgan fingerprint density at radius 3 is 2.27 bits per heavy atom. The average Bonchev–Trinajstić information content (AvgIpc) is 2.85. The fourth-order valence-electron chi connectivity index (χ4n) is 3.60. The van der Waals surface area contributed by atoms with Crippen LogP contribution in [0.1, 0.15) is 23.6 Å². The molecule has 8 heteroatoms. The van der Waals surface area contributed by atoms with E-state index < -0.39 is 5.97 Å². The van der Waals surface area contributed by atoms with E-state index >= 15 is 0 Å². The molecule has 3 rings (SSSR count). The van der Waals surface area contributed by atoms with E-state index in [0.29, 0.717) is 49.1 Å². The molecule has 8 nitrogen and oxygen atoms in total. The second kappa shape index (κ2) is 11.3. The monoisotopic (exact) mass is 455 g/mol. The van der Waals surface area contributed by atoms with Crippen LogP contribution in [0, 0.1) is 0 Å². The maximum atomic E-state index is 12.6. The normalized spacial score (nSPS) is 12.8. The molecule has 0 saturated carbocycles. The Morgan fingerprint density at radius 1 is 0.939 bits per heavy atom. The predicted molar refractivity (Wildman–Crippen MR) is 123 cm³/mol. The largest absolute Gasteiger partial charge is 0.493 e. The third-order valence-corrected chi connectivity index (χ3v) is 5.31. The Labute approximate surface area is 193 Å². The van der Waals surface area contributed by atoms with Gasteiger partial charge in [-0.1, -0.05) is 6.07 Å². The fourth-order valence-corrected chi connectivity index (χ4v) is 3.60. The van der Waals surface area contributed by atoms with Crippen LogP contribution in [0.4, 0.5) is 0 Å². The van der Waals surface area contributed by atoms with Crippen LogP contribution in [-0.2, 0) is 27.3 Å². The molecule has 1 aliphatic rings. The Bertz CT molecular complexity index is 1030. The van der Waals surface area contributed by atoms with Gasteiger partial charge in [-0.15, -0.1) is 0 Å². The molecule has 0 aliphatic carbocycles. The zero-order valence-electron chi connectivity index (χ0n) is 19.4. The lowest BCUT2D eigenvalue weighted by atomic mass is 9.99. The molecule has 0 N–H and O–H groups in total. The Kier molecular flexibility index (Phi) is 8.18. The first-order chi connectivity index (χ1) is 16.0. The highest BCUT2D eigenvalue weighted by Gasteiger charge is 2.23. The number of amides is 1. The number of nitrogens with zero attached hydrogens (tertiary/aromatic N) is 1. The van der Waals surface area contributed by atoms with Crippen LogP contribution in [-0.4, -0.2) is 57.9 Å². The summed E-state index contributed by atoms with van der Waals surface area (Å²) < 4.78 is 26.6. The number of methoxy groups -OCH3 is 3. The highest BCUT2D eigenvalue weighted by molar-refractivity contribution is 5.89. The first-order valence-electron chi connectivity index (χ1n) is 10.7. The molecule has 0 atom stereocenters. The molecule has 0 spiro atoms. The van der Waals surface area contributed by atoms with Crippen molar-refractivity contribution in [3.63, 3.8) is 0 Å². The van der Waals surface area contributed by atoms with Crippen molar-refractivity contribution >= 4 is 18.0 Å². The van der Waals surface area contributed by atoms with E-state index in [0.717, 1.165) is 16.7 Å². The van der Waals surface area contributed by atoms with E-state index in [1.807, 2.05) is 19.1 Å². The number of hydrogen-bond donors (Lipinski definition) is 0. The molecule has 176 valence electrons. The molecule has 1 amide bonds. The van der Waals surface area contributed by atoms with E-state index in [2.05, 4.69) is 0 Å². The first kappa shape index (κ1) is 24.0. The Morgan fingerprint density at radius 2 is 1.61 bits per heavy atom. The quantitative estimate of drug-likeness (QED) is 0.424. The molecule has 1 aliphatic heterocycles. The minimum Gasteiger partial charge on any atom is -0.493 e. The van der Waals surface area contributed by atoms with Gasteiger partial charge in [0.05, 0.1) is 27.9 Å². The van der Waals surface area contributed by atoms with Crippen LogP contribution < -0.4 is 18.9 Å². The number of carbonyl (C=O) groups excluding carboxylic acids is 2. The summed E-state index contributed by atoms with van der Waals surface area (Å²) in [6.45, 7) is 3.06. The van der Waals surface area contributed by atoms with Crippen molar-refractivity contribution in [2.75, 3.05) is 41.1 Å². The van der Waals surface area contributed by atoms with Crippen LogP contribution >= 0.6 is 0 Å². The Hall–Kier alpha value is -3.68. The van der Waals surface area contributed by atoms with Gasteiger partial charge >= 0.3 is 5.97 Å². The van der Waals surface area contributed by atoms with Gasteiger partial charge in [0.2, 0.25) is 0 Å². The molecule has 0 saturated heterocycles. The van der Waals surface area contributed by atoms with E-state index in [1.54, 1.807) is 50.5 Å². The molecular formula is C25H29NO7. The summed E-state index contributed by atoms with van der Waals surface area (Å²) >= 11 is 0. The van der Waals surface area contributed by atoms with Gasteiger partial charge in [-0.2, -0.15) is 0 Å².